The third-order valence-electron chi connectivity index (χ3n) is 4.49. The molecular formula is C20H44O2S2Sn. The minimum atomic E-state index is -1.59. The Balaban J connectivity index is 0. The van der Waals surface area contributed by atoms with Crippen LogP contribution in [-0.2, 0) is 4.79 Å². The van der Waals surface area contributed by atoms with Crippen LogP contribution in [0.25, 0.3) is 0 Å². The fourth-order valence-electron chi connectivity index (χ4n) is 2.79. The van der Waals surface area contributed by atoms with Crippen molar-refractivity contribution in [2.24, 2.45) is 11.8 Å². The molecule has 0 saturated heterocycles. The van der Waals surface area contributed by atoms with Crippen molar-refractivity contribution in [3.8, 4) is 0 Å². The summed E-state index contributed by atoms with van der Waals surface area (Å²) in [5.41, 5.74) is 0. The number of hydrogen-bond donors (Lipinski definition) is 3. The van der Waals surface area contributed by atoms with Gasteiger partial charge < -0.3 is 5.11 Å². The van der Waals surface area contributed by atoms with E-state index in [1.807, 2.05) is 0 Å². The molecule has 1 N–H and O–H groups in total. The van der Waals surface area contributed by atoms with Gasteiger partial charge in [-0.1, -0.05) is 0 Å². The van der Waals surface area contributed by atoms with E-state index < -0.39 is 28.9 Å². The van der Waals surface area contributed by atoms with E-state index in [0.29, 0.717) is 0 Å². The molecule has 25 heavy (non-hydrogen) atoms. The van der Waals surface area contributed by atoms with E-state index in [1.54, 1.807) is 8.87 Å². The smallest absolute Gasteiger partial charge is 0.326 e. The predicted octanol–water partition coefficient (Wildman–Crippen LogP) is 7.38. The summed E-state index contributed by atoms with van der Waals surface area (Å²) in [6.45, 7) is 9.39. The summed E-state index contributed by atoms with van der Waals surface area (Å²) in [6.07, 6.45) is 11.8. The molecule has 0 bridgehead atoms. The number of carbonyl (C=O) groups is 1. The van der Waals surface area contributed by atoms with E-state index in [1.165, 1.54) is 51.4 Å². The van der Waals surface area contributed by atoms with E-state index in [-0.39, 0.29) is 0 Å². The average molecular weight is 499 g/mol. The molecule has 5 heteroatoms. The second kappa shape index (κ2) is 17.1. The normalized spacial score (nSPS) is 11.8. The molecule has 152 valence electrons. The van der Waals surface area contributed by atoms with Crippen molar-refractivity contribution in [3.05, 3.63) is 0 Å². The zero-order valence-electron chi connectivity index (χ0n) is 17.6. The van der Waals surface area contributed by atoms with Gasteiger partial charge in [0, 0.05) is 0 Å². The summed E-state index contributed by atoms with van der Waals surface area (Å²) in [4.78, 5) is 14.9. The molecule has 0 aromatic rings. The predicted molar refractivity (Wildman–Crippen MR) is 123 cm³/mol. The Morgan fingerprint density at radius 1 is 0.800 bits per heavy atom. The fourth-order valence-corrected chi connectivity index (χ4v) is 10.4. The van der Waals surface area contributed by atoms with Crippen LogP contribution in [0.5, 0.6) is 0 Å². The number of carboxylic acids is 1. The topological polar surface area (TPSA) is 37.3 Å². The zero-order valence-corrected chi connectivity index (χ0v) is 22.2. The Hall–Kier alpha value is 0.969. The number of hydrogen-bond acceptors (Lipinski definition) is 3. The minimum Gasteiger partial charge on any atom is -0.480 e. The molecule has 0 aliphatic rings. The maximum absolute atomic E-state index is 9.55. The van der Waals surface area contributed by atoms with Crippen LogP contribution >= 0.6 is 25.3 Å². The van der Waals surface area contributed by atoms with Gasteiger partial charge in [-0.2, -0.15) is 25.3 Å². The van der Waals surface area contributed by atoms with E-state index in [0.717, 1.165) is 11.8 Å². The van der Waals surface area contributed by atoms with Gasteiger partial charge in [0.15, 0.2) is 0 Å². The third kappa shape index (κ3) is 25.0. The van der Waals surface area contributed by atoms with Crippen molar-refractivity contribution in [2.45, 2.75) is 102 Å². The van der Waals surface area contributed by atoms with Crippen LogP contribution in [0, 0.1) is 11.8 Å². The van der Waals surface area contributed by atoms with Gasteiger partial charge in [-0.25, -0.2) is 0 Å². The van der Waals surface area contributed by atoms with Crippen LogP contribution in [-0.4, -0.2) is 34.0 Å². The summed E-state index contributed by atoms with van der Waals surface area (Å²) in [6, 6.07) is 0. The summed E-state index contributed by atoms with van der Waals surface area (Å²) >= 11 is 5.32. The number of rotatable bonds is 13. The number of aliphatic carboxylic acids is 1. The van der Waals surface area contributed by atoms with Gasteiger partial charge in [0.1, 0.15) is 4.58 Å². The number of carboxylic acid groups (broad SMARTS) is 1. The van der Waals surface area contributed by atoms with Gasteiger partial charge in [-0.3, -0.25) is 4.79 Å². The van der Waals surface area contributed by atoms with E-state index in [2.05, 4.69) is 62.8 Å². The molecule has 0 saturated carbocycles. The van der Waals surface area contributed by atoms with Crippen LogP contribution < -0.4 is 0 Å². The van der Waals surface area contributed by atoms with Gasteiger partial charge in [-0.05, 0) is 0 Å². The maximum atomic E-state index is 9.55. The first-order valence-corrected chi connectivity index (χ1v) is 20.8. The van der Waals surface area contributed by atoms with Crippen LogP contribution in [0.4, 0.5) is 0 Å². The molecule has 2 nitrogen and oxygen atoms in total. The first-order valence-electron chi connectivity index (χ1n) is 10.1. The molecule has 0 aliphatic carbocycles. The Labute approximate surface area is 173 Å². The molecule has 0 fully saturated rings. The van der Waals surface area contributed by atoms with Crippen molar-refractivity contribution >= 4 is 49.6 Å². The maximum Gasteiger partial charge on any atom is 0.326 e. The molecule has 0 aromatic carbocycles. The van der Waals surface area contributed by atoms with Crippen molar-refractivity contribution in [1.29, 1.82) is 0 Å². The van der Waals surface area contributed by atoms with Crippen LogP contribution in [0.3, 0.4) is 0 Å². The Morgan fingerprint density at radius 2 is 1.12 bits per heavy atom. The minimum absolute atomic E-state index is 0.843. The second-order valence-corrected chi connectivity index (χ2v) is 25.5. The molecule has 0 rings (SSSR count). The number of thiol groups is 2. The van der Waals surface area contributed by atoms with Crippen LogP contribution in [0.15, 0.2) is 0 Å². The van der Waals surface area contributed by atoms with Crippen LogP contribution in [0.2, 0.25) is 18.8 Å². The second-order valence-electron chi connectivity index (χ2n) is 8.86. The Kier molecular flexibility index (Phi) is 19.3. The first kappa shape index (κ1) is 28.2. The van der Waals surface area contributed by atoms with Crippen molar-refractivity contribution in [2.75, 3.05) is 0 Å². The number of unbranched alkanes of at least 4 members (excludes halogenated alkanes) is 4. The molecular weight excluding hydrogens is 455 g/mol. The molecule has 0 atom stereocenters. The molecule has 0 spiro atoms. The third-order valence-corrected chi connectivity index (χ3v) is 14.7. The van der Waals surface area contributed by atoms with Gasteiger partial charge in [0.2, 0.25) is 0 Å². The average Bonchev–Trinajstić information content (AvgIpc) is 2.46. The van der Waals surface area contributed by atoms with Crippen molar-refractivity contribution < 1.29 is 9.90 Å². The van der Waals surface area contributed by atoms with E-state index in [4.69, 9.17) is 5.11 Å². The molecule has 0 amide bonds. The van der Waals surface area contributed by atoms with Crippen molar-refractivity contribution in [3.63, 3.8) is 0 Å². The van der Waals surface area contributed by atoms with Gasteiger partial charge in [0.05, 0.1) is 0 Å². The summed E-state index contributed by atoms with van der Waals surface area (Å²) < 4.78 is 2.43. The molecule has 0 radical (unpaired) electrons. The van der Waals surface area contributed by atoms with Gasteiger partial charge in [0.25, 0.3) is 0 Å². The van der Waals surface area contributed by atoms with E-state index >= 15 is 0 Å². The summed E-state index contributed by atoms with van der Waals surface area (Å²) in [5, 5.41) is 7.84. The molecule has 0 aliphatic heterocycles. The molecule has 0 aromatic heterocycles. The van der Waals surface area contributed by atoms with E-state index in [9.17, 15) is 4.79 Å². The van der Waals surface area contributed by atoms with Gasteiger partial charge in [-0.15, -0.1) is 0 Å². The van der Waals surface area contributed by atoms with Gasteiger partial charge >= 0.3 is 134 Å². The fraction of sp³-hybridized carbons (Fsp3) is 0.950. The molecule has 0 heterocycles. The van der Waals surface area contributed by atoms with Crippen LogP contribution in [0.1, 0.15) is 79.1 Å². The first-order chi connectivity index (χ1) is 11.5. The molecule has 0 unspecified atom stereocenters. The monoisotopic (exact) mass is 500 g/mol. The Bertz CT molecular complexity index is 299. The van der Waals surface area contributed by atoms with Crippen molar-refractivity contribution in [1.82, 2.24) is 0 Å². The largest absolute Gasteiger partial charge is 0.480 e. The summed E-state index contributed by atoms with van der Waals surface area (Å²) in [5.74, 6) is 0.789. The summed E-state index contributed by atoms with van der Waals surface area (Å²) in [7, 11) is 0. The zero-order chi connectivity index (χ0) is 19.9. The standard InChI is InChI=1S/2C8H17.C2H4O2S2.2CH3.Sn/c2*1-4-5-6-7-8(2)3;3-1(4)2(5)6;;;/h2*8H,1,4-7H2,2-3H3;2,5-6H,(H,3,4);2*1H3;. The quantitative estimate of drug-likeness (QED) is 0.107. The SMILES string of the molecule is CC(C)CCCC[CH2][Sn]([CH3])([CH3])[CH2]CCCCC(C)C.O=C(O)C(S)S. The Morgan fingerprint density at radius 3 is 1.36 bits per heavy atom.